The summed E-state index contributed by atoms with van der Waals surface area (Å²) in [6.07, 6.45) is 3.04. The standard InChI is InChI=1S/C9H13NO2/c1-7(2)12-9(11)10-5-4-8(3)6-10/h4-7H,1-3H3. The van der Waals surface area contributed by atoms with Gasteiger partial charge in [0.1, 0.15) is 0 Å². The van der Waals surface area contributed by atoms with Gasteiger partial charge in [0.05, 0.1) is 6.10 Å². The molecule has 1 heterocycles. The Hall–Kier alpha value is -1.25. The molecule has 0 bridgehead atoms. The van der Waals surface area contributed by atoms with Crippen LogP contribution >= 0.6 is 0 Å². The molecular formula is C9H13NO2. The van der Waals surface area contributed by atoms with E-state index in [0.29, 0.717) is 0 Å². The molecule has 3 heteroatoms. The van der Waals surface area contributed by atoms with Crippen LogP contribution in [-0.4, -0.2) is 16.8 Å². The van der Waals surface area contributed by atoms with Crippen LogP contribution in [0, 0.1) is 6.92 Å². The summed E-state index contributed by atoms with van der Waals surface area (Å²) in [6, 6.07) is 1.86. The predicted octanol–water partition coefficient (Wildman–Crippen LogP) is 2.19. The number of carbonyl (C=O) groups excluding carboxylic acids is 1. The molecule has 0 aliphatic carbocycles. The molecular weight excluding hydrogens is 154 g/mol. The van der Waals surface area contributed by atoms with Crippen LogP contribution in [0.1, 0.15) is 19.4 Å². The average molecular weight is 167 g/mol. The molecule has 3 nitrogen and oxygen atoms in total. The monoisotopic (exact) mass is 167 g/mol. The predicted molar refractivity (Wildman–Crippen MR) is 46.2 cm³/mol. The fourth-order valence-electron chi connectivity index (χ4n) is 0.879. The Labute approximate surface area is 72.0 Å². The van der Waals surface area contributed by atoms with E-state index < -0.39 is 0 Å². The number of hydrogen-bond donors (Lipinski definition) is 0. The van der Waals surface area contributed by atoms with Crippen LogP contribution < -0.4 is 0 Å². The fourth-order valence-corrected chi connectivity index (χ4v) is 0.879. The number of hydrogen-bond acceptors (Lipinski definition) is 2. The Balaban J connectivity index is 2.65. The highest BCUT2D eigenvalue weighted by atomic mass is 16.6. The second-order valence-corrected chi connectivity index (χ2v) is 3.03. The van der Waals surface area contributed by atoms with Crippen LogP contribution in [-0.2, 0) is 4.74 Å². The van der Waals surface area contributed by atoms with Crippen molar-refractivity contribution in [2.75, 3.05) is 0 Å². The molecule has 0 unspecified atom stereocenters. The zero-order valence-electron chi connectivity index (χ0n) is 7.57. The third-order valence-electron chi connectivity index (χ3n) is 1.39. The summed E-state index contributed by atoms with van der Waals surface area (Å²) in [4.78, 5) is 11.2. The van der Waals surface area contributed by atoms with Crippen LogP contribution in [0.25, 0.3) is 0 Å². The van der Waals surface area contributed by atoms with E-state index in [2.05, 4.69) is 0 Å². The summed E-state index contributed by atoms with van der Waals surface area (Å²) in [5.41, 5.74) is 1.05. The van der Waals surface area contributed by atoms with Gasteiger partial charge in [-0.1, -0.05) is 0 Å². The highest BCUT2D eigenvalue weighted by Gasteiger charge is 2.06. The van der Waals surface area contributed by atoms with Crippen LogP contribution in [0.2, 0.25) is 0 Å². The van der Waals surface area contributed by atoms with E-state index in [9.17, 15) is 4.79 Å². The SMILES string of the molecule is Cc1ccn(C(=O)OC(C)C)c1. The van der Waals surface area contributed by atoms with E-state index in [1.165, 1.54) is 4.57 Å². The zero-order valence-corrected chi connectivity index (χ0v) is 7.57. The first-order chi connectivity index (χ1) is 5.59. The molecule has 0 spiro atoms. The maximum atomic E-state index is 11.2. The van der Waals surface area contributed by atoms with Gasteiger partial charge < -0.3 is 4.74 Å². The third-order valence-corrected chi connectivity index (χ3v) is 1.39. The van der Waals surface area contributed by atoms with Gasteiger partial charge in [0.15, 0.2) is 0 Å². The first-order valence-electron chi connectivity index (χ1n) is 3.95. The van der Waals surface area contributed by atoms with Gasteiger partial charge in [0, 0.05) is 12.4 Å². The molecule has 1 aromatic heterocycles. The zero-order chi connectivity index (χ0) is 9.14. The van der Waals surface area contributed by atoms with Crippen molar-refractivity contribution in [1.29, 1.82) is 0 Å². The van der Waals surface area contributed by atoms with Crippen molar-refractivity contribution in [3.63, 3.8) is 0 Å². The normalized spacial score (nSPS) is 10.3. The molecule has 12 heavy (non-hydrogen) atoms. The lowest BCUT2D eigenvalue weighted by atomic mass is 10.4. The molecule has 0 N–H and O–H groups in total. The number of ether oxygens (including phenoxy) is 1. The molecule has 0 saturated heterocycles. The lowest BCUT2D eigenvalue weighted by Gasteiger charge is -2.07. The van der Waals surface area contributed by atoms with Crippen LogP contribution in [0.4, 0.5) is 4.79 Å². The van der Waals surface area contributed by atoms with E-state index in [-0.39, 0.29) is 12.2 Å². The molecule has 0 aromatic carbocycles. The molecule has 0 radical (unpaired) electrons. The summed E-state index contributed by atoms with van der Waals surface area (Å²) in [5, 5.41) is 0. The van der Waals surface area contributed by atoms with Crippen molar-refractivity contribution in [2.24, 2.45) is 0 Å². The van der Waals surface area contributed by atoms with Crippen LogP contribution in [0.15, 0.2) is 18.5 Å². The first kappa shape index (κ1) is 8.84. The second-order valence-electron chi connectivity index (χ2n) is 3.03. The Morgan fingerprint density at radius 1 is 1.58 bits per heavy atom. The Bertz CT molecular complexity index is 276. The Morgan fingerprint density at radius 2 is 2.25 bits per heavy atom. The number of aromatic nitrogens is 1. The quantitative estimate of drug-likeness (QED) is 0.642. The third kappa shape index (κ3) is 2.12. The topological polar surface area (TPSA) is 31.2 Å². The second kappa shape index (κ2) is 3.43. The van der Waals surface area contributed by atoms with Crippen molar-refractivity contribution >= 4 is 6.09 Å². The van der Waals surface area contributed by atoms with Gasteiger partial charge in [-0.2, -0.15) is 0 Å². The van der Waals surface area contributed by atoms with Gasteiger partial charge >= 0.3 is 6.09 Å². The Kier molecular flexibility index (Phi) is 2.53. The maximum Gasteiger partial charge on any atom is 0.418 e. The molecule has 1 rings (SSSR count). The van der Waals surface area contributed by atoms with Crippen molar-refractivity contribution < 1.29 is 9.53 Å². The van der Waals surface area contributed by atoms with Gasteiger partial charge in [0.2, 0.25) is 0 Å². The molecule has 1 aromatic rings. The van der Waals surface area contributed by atoms with Crippen molar-refractivity contribution in [3.8, 4) is 0 Å². The summed E-state index contributed by atoms with van der Waals surface area (Å²) >= 11 is 0. The summed E-state index contributed by atoms with van der Waals surface area (Å²) < 4.78 is 6.41. The highest BCUT2D eigenvalue weighted by molar-refractivity contribution is 5.70. The summed E-state index contributed by atoms with van der Waals surface area (Å²) in [5.74, 6) is 0. The first-order valence-corrected chi connectivity index (χ1v) is 3.95. The van der Waals surface area contributed by atoms with E-state index in [1.54, 1.807) is 12.4 Å². The highest BCUT2D eigenvalue weighted by Crippen LogP contribution is 2.01. The number of nitrogens with zero attached hydrogens (tertiary/aromatic N) is 1. The van der Waals surface area contributed by atoms with E-state index in [1.807, 2.05) is 26.8 Å². The van der Waals surface area contributed by atoms with Crippen LogP contribution in [0.3, 0.4) is 0 Å². The smallest absolute Gasteiger partial charge is 0.418 e. The van der Waals surface area contributed by atoms with Gasteiger partial charge in [-0.25, -0.2) is 4.79 Å². The van der Waals surface area contributed by atoms with Crippen molar-refractivity contribution in [3.05, 3.63) is 24.0 Å². The average Bonchev–Trinajstić information content (AvgIpc) is 2.34. The van der Waals surface area contributed by atoms with E-state index >= 15 is 0 Å². The van der Waals surface area contributed by atoms with E-state index in [4.69, 9.17) is 4.74 Å². The van der Waals surface area contributed by atoms with Gasteiger partial charge in [-0.3, -0.25) is 4.57 Å². The molecule has 0 atom stereocenters. The van der Waals surface area contributed by atoms with Crippen LogP contribution in [0.5, 0.6) is 0 Å². The lowest BCUT2D eigenvalue weighted by Crippen LogP contribution is -2.16. The fraction of sp³-hybridized carbons (Fsp3) is 0.444. The number of rotatable bonds is 1. The van der Waals surface area contributed by atoms with Crippen molar-refractivity contribution in [2.45, 2.75) is 26.9 Å². The minimum absolute atomic E-state index is 0.0693. The lowest BCUT2D eigenvalue weighted by molar-refractivity contribution is 0.117. The molecule has 0 aliphatic rings. The van der Waals surface area contributed by atoms with Crippen molar-refractivity contribution in [1.82, 2.24) is 4.57 Å². The van der Waals surface area contributed by atoms with Gasteiger partial charge in [0.25, 0.3) is 0 Å². The molecule has 66 valence electrons. The van der Waals surface area contributed by atoms with Gasteiger partial charge in [-0.15, -0.1) is 0 Å². The molecule has 0 saturated carbocycles. The minimum atomic E-state index is -0.321. The maximum absolute atomic E-state index is 11.2. The number of carbonyl (C=O) groups is 1. The minimum Gasteiger partial charge on any atom is -0.446 e. The summed E-state index contributed by atoms with van der Waals surface area (Å²) in [7, 11) is 0. The van der Waals surface area contributed by atoms with E-state index in [0.717, 1.165) is 5.56 Å². The molecule has 0 fully saturated rings. The Morgan fingerprint density at radius 3 is 2.67 bits per heavy atom. The molecule has 0 amide bonds. The largest absolute Gasteiger partial charge is 0.446 e. The number of aryl methyl sites for hydroxylation is 1. The molecule has 0 aliphatic heterocycles. The van der Waals surface area contributed by atoms with Gasteiger partial charge in [-0.05, 0) is 32.4 Å². The summed E-state index contributed by atoms with van der Waals surface area (Å²) in [6.45, 7) is 5.58.